The van der Waals surface area contributed by atoms with E-state index in [2.05, 4.69) is 38.8 Å². The van der Waals surface area contributed by atoms with Crippen molar-refractivity contribution in [3.8, 4) is 34.8 Å². The number of rotatable bonds is 9. The molecule has 63 heavy (non-hydrogen) atoms. The molecule has 6 heterocycles. The molecule has 0 amide bonds. The number of sulfonamides is 1. The first-order valence-electron chi connectivity index (χ1n) is 17.7. The first-order valence-corrected chi connectivity index (χ1v) is 20.9. The molecule has 8 aromatic rings. The van der Waals surface area contributed by atoms with Crippen LogP contribution in [-0.2, 0) is 20.1 Å². The molecule has 0 aliphatic carbocycles. The van der Waals surface area contributed by atoms with Crippen molar-refractivity contribution in [3.05, 3.63) is 126 Å². The van der Waals surface area contributed by atoms with E-state index in [1.807, 2.05) is 24.3 Å². The van der Waals surface area contributed by atoms with Crippen molar-refractivity contribution >= 4 is 76.0 Å². The summed E-state index contributed by atoms with van der Waals surface area (Å²) >= 11 is 6.21. The molecule has 0 saturated carbocycles. The van der Waals surface area contributed by atoms with E-state index in [-0.39, 0.29) is 27.0 Å². The van der Waals surface area contributed by atoms with Crippen molar-refractivity contribution in [1.29, 1.82) is 0 Å². The maximum absolute atomic E-state index is 13.1. The van der Waals surface area contributed by atoms with Gasteiger partial charge < -0.3 is 24.1 Å². The van der Waals surface area contributed by atoms with Gasteiger partial charge in [-0.1, -0.05) is 35.9 Å². The van der Waals surface area contributed by atoms with Crippen molar-refractivity contribution in [1.82, 2.24) is 29.9 Å². The van der Waals surface area contributed by atoms with E-state index in [0.29, 0.717) is 39.7 Å². The Kier molecular flexibility index (Phi) is 13.6. The lowest BCUT2D eigenvalue weighted by atomic mass is 10.1. The second kappa shape index (κ2) is 18.8. The maximum atomic E-state index is 13.1. The van der Waals surface area contributed by atoms with E-state index in [9.17, 15) is 34.4 Å². The van der Waals surface area contributed by atoms with E-state index in [1.54, 1.807) is 49.8 Å². The zero-order valence-corrected chi connectivity index (χ0v) is 35.1. The molecular formula is C40H31ClF4N8O8S2. The van der Waals surface area contributed by atoms with Gasteiger partial charge in [0.15, 0.2) is 0 Å². The highest BCUT2D eigenvalue weighted by Gasteiger charge is 2.49. The molecule has 3 N–H and O–H groups in total. The quantitative estimate of drug-likeness (QED) is 0.0796. The Morgan fingerprint density at radius 1 is 0.651 bits per heavy atom. The predicted molar refractivity (Wildman–Crippen MR) is 226 cm³/mol. The number of alkyl halides is 3. The molecule has 0 fully saturated rings. The highest BCUT2D eigenvalue weighted by Crippen LogP contribution is 2.34. The molecule has 2 aromatic carbocycles. The number of benzene rings is 2. The number of nitrogens with one attached hydrogen (secondary N) is 1. The summed E-state index contributed by atoms with van der Waals surface area (Å²) in [6.07, 6.45) is 4.78. The van der Waals surface area contributed by atoms with Gasteiger partial charge in [-0.2, -0.15) is 31.6 Å². The van der Waals surface area contributed by atoms with E-state index in [0.717, 1.165) is 34.5 Å². The molecular weight excluding hydrogens is 896 g/mol. The summed E-state index contributed by atoms with van der Waals surface area (Å²) in [5, 5.41) is 2.29. The Hall–Kier alpha value is -7.17. The number of halogens is 5. The van der Waals surface area contributed by atoms with Crippen LogP contribution in [0.4, 0.5) is 29.1 Å². The van der Waals surface area contributed by atoms with Gasteiger partial charge in [0.2, 0.25) is 23.5 Å². The number of hydrogen-bond acceptors (Lipinski definition) is 15. The zero-order valence-electron chi connectivity index (χ0n) is 32.7. The number of hydrogen-bond donors (Lipinski definition) is 2. The Morgan fingerprint density at radius 3 is 1.70 bits per heavy atom. The Balaban J connectivity index is 0.000000172. The number of nitrogens with zero attached hydrogens (tertiary/aromatic N) is 6. The Labute approximate surface area is 360 Å². The standard InChI is InChI=1S/C21H15ClFN3O3S.C10H7F3N2O4S.C9H9N3O/c1-29-21-20-14(3-2-10-24-20)12-18(25-21)13-4-9-17(22)19(11-13)26-30(27,28)16-7-5-15(23)6-8-16;1-18-9-8-6(3-2-4-14-8)5-7(15-9)19-20(16,17)10(11,12)13;1-13-9-8-6(3-2-4-11-8)5-7(10)12-9/h2-12,26H,1H3;2-5H,1H3;2-5H,1H3,(H2,10,12). The first-order chi connectivity index (χ1) is 29.9. The fourth-order valence-electron chi connectivity index (χ4n) is 5.52. The predicted octanol–water partition coefficient (Wildman–Crippen LogP) is 7.99. The molecule has 0 aliphatic rings. The summed E-state index contributed by atoms with van der Waals surface area (Å²) in [5.74, 6) is -0.158. The average molecular weight is 927 g/mol. The molecule has 326 valence electrons. The SMILES string of the molecule is COc1nc(-c2ccc(Cl)c(NS(=O)(=O)c3ccc(F)cc3)c2)cc2cccnc12.COc1nc(N)cc2cccnc12.COc1nc(OS(=O)(=O)C(F)(F)F)cc2cccnc12. The molecule has 0 aliphatic heterocycles. The van der Waals surface area contributed by atoms with E-state index in [4.69, 9.17) is 31.5 Å². The summed E-state index contributed by atoms with van der Waals surface area (Å²) in [4.78, 5) is 24.3. The second-order valence-electron chi connectivity index (χ2n) is 12.5. The van der Waals surface area contributed by atoms with Crippen LogP contribution in [0.2, 0.25) is 5.02 Å². The van der Waals surface area contributed by atoms with Crippen LogP contribution in [-0.4, -0.2) is 73.6 Å². The third kappa shape index (κ3) is 10.7. The zero-order chi connectivity index (χ0) is 45.5. The Morgan fingerprint density at radius 2 is 1.16 bits per heavy atom. The van der Waals surface area contributed by atoms with Gasteiger partial charge in [0.05, 0.1) is 42.6 Å². The van der Waals surface area contributed by atoms with Crippen LogP contribution in [0.1, 0.15) is 0 Å². The lowest BCUT2D eigenvalue weighted by Gasteiger charge is -2.12. The van der Waals surface area contributed by atoms with Gasteiger partial charge >= 0.3 is 15.6 Å². The van der Waals surface area contributed by atoms with Gasteiger partial charge in [-0.05, 0) is 66.7 Å². The topological polar surface area (TPSA) is 221 Å². The molecule has 0 bridgehead atoms. The highest BCUT2D eigenvalue weighted by atomic mass is 35.5. The lowest BCUT2D eigenvalue weighted by Crippen LogP contribution is -2.28. The van der Waals surface area contributed by atoms with Crippen molar-refractivity contribution in [2.75, 3.05) is 31.8 Å². The number of fused-ring (bicyclic) bond motifs is 3. The molecule has 0 radical (unpaired) electrons. The second-order valence-corrected chi connectivity index (χ2v) is 16.1. The number of ether oxygens (including phenoxy) is 3. The lowest BCUT2D eigenvalue weighted by molar-refractivity contribution is -0.0501. The van der Waals surface area contributed by atoms with Crippen LogP contribution in [0.25, 0.3) is 44.0 Å². The van der Waals surface area contributed by atoms with Crippen molar-refractivity contribution < 1.29 is 52.8 Å². The number of nitrogens with two attached hydrogens (primary N) is 1. The molecule has 8 rings (SSSR count). The largest absolute Gasteiger partial charge is 0.534 e. The third-order valence-corrected chi connectivity index (χ3v) is 11.0. The van der Waals surface area contributed by atoms with E-state index in [1.165, 1.54) is 44.7 Å². The smallest absolute Gasteiger partial charge is 0.479 e. The summed E-state index contributed by atoms with van der Waals surface area (Å²) in [5.41, 5.74) is 3.03. The van der Waals surface area contributed by atoms with Crippen molar-refractivity contribution in [2.24, 2.45) is 0 Å². The average Bonchev–Trinajstić information content (AvgIpc) is 3.26. The van der Waals surface area contributed by atoms with Crippen molar-refractivity contribution in [2.45, 2.75) is 10.4 Å². The molecule has 0 atom stereocenters. The van der Waals surface area contributed by atoms with Gasteiger partial charge in [0.1, 0.15) is 28.2 Å². The van der Waals surface area contributed by atoms with E-state index >= 15 is 0 Å². The summed E-state index contributed by atoms with van der Waals surface area (Å²) in [6, 6.07) is 24.5. The summed E-state index contributed by atoms with van der Waals surface area (Å²) in [7, 11) is -5.46. The van der Waals surface area contributed by atoms with Crippen LogP contribution in [0.5, 0.6) is 23.5 Å². The van der Waals surface area contributed by atoms with Crippen molar-refractivity contribution in [3.63, 3.8) is 0 Å². The first kappa shape index (κ1) is 45.4. The van der Waals surface area contributed by atoms with Gasteiger partial charge in [-0.3, -0.25) is 19.7 Å². The number of anilines is 2. The number of pyridine rings is 6. The number of nitrogen functional groups attached to an aromatic ring is 1. The van der Waals surface area contributed by atoms with Crippen LogP contribution in [0, 0.1) is 5.82 Å². The molecule has 6 aromatic heterocycles. The monoisotopic (exact) mass is 926 g/mol. The molecule has 16 nitrogen and oxygen atoms in total. The normalized spacial score (nSPS) is 11.5. The summed E-state index contributed by atoms with van der Waals surface area (Å²) < 4.78 is 119. The Bertz CT molecular complexity index is 3170. The van der Waals surface area contributed by atoms with Gasteiger partial charge in [0, 0.05) is 46.4 Å². The van der Waals surface area contributed by atoms with Gasteiger partial charge in [-0.15, -0.1) is 0 Å². The molecule has 0 saturated heterocycles. The minimum atomic E-state index is -5.78. The minimum Gasteiger partial charge on any atom is -0.479 e. The molecule has 23 heteroatoms. The van der Waals surface area contributed by atoms with Gasteiger partial charge in [0.25, 0.3) is 10.0 Å². The fourth-order valence-corrected chi connectivity index (χ4v) is 7.21. The van der Waals surface area contributed by atoms with Crippen LogP contribution in [0.15, 0.2) is 121 Å². The number of aromatic nitrogens is 6. The highest BCUT2D eigenvalue weighted by molar-refractivity contribution is 7.92. The van der Waals surface area contributed by atoms with Crippen LogP contribution < -0.4 is 28.8 Å². The minimum absolute atomic E-state index is 0.0815. The van der Waals surface area contributed by atoms with Gasteiger partial charge in [-0.25, -0.2) is 17.8 Å². The van der Waals surface area contributed by atoms with Crippen LogP contribution >= 0.6 is 11.6 Å². The fraction of sp³-hybridized carbons (Fsp3) is 0.100. The maximum Gasteiger partial charge on any atom is 0.534 e. The van der Waals surface area contributed by atoms with Crippen LogP contribution in [0.3, 0.4) is 0 Å². The number of methoxy groups -OCH3 is 3. The molecule has 0 unspecified atom stereocenters. The summed E-state index contributed by atoms with van der Waals surface area (Å²) in [6.45, 7) is 0. The third-order valence-electron chi connectivity index (χ3n) is 8.35. The molecule has 0 spiro atoms. The van der Waals surface area contributed by atoms with E-state index < -0.39 is 37.3 Å².